The Morgan fingerprint density at radius 2 is 2.05 bits per heavy atom. The molecule has 0 unspecified atom stereocenters. The van der Waals surface area contributed by atoms with Crippen molar-refractivity contribution < 1.29 is 9.21 Å². The van der Waals surface area contributed by atoms with Crippen LogP contribution in [0.4, 0.5) is 6.01 Å². The maximum absolute atomic E-state index is 12.5. The third-order valence-electron chi connectivity index (χ3n) is 3.67. The van der Waals surface area contributed by atoms with E-state index in [1.165, 1.54) is 0 Å². The Bertz CT molecular complexity index is 665. The Balaban J connectivity index is 1.62. The van der Waals surface area contributed by atoms with Crippen LogP contribution in [0.3, 0.4) is 0 Å². The fraction of sp³-hybridized carbons (Fsp3) is 0.400. The zero-order valence-corrected chi connectivity index (χ0v) is 13.9. The van der Waals surface area contributed by atoms with Crippen LogP contribution in [0.1, 0.15) is 23.2 Å². The topological polar surface area (TPSA) is 62.5 Å². The van der Waals surface area contributed by atoms with Crippen LogP contribution >= 0.6 is 15.9 Å². The normalized spacial score (nSPS) is 15.2. The van der Waals surface area contributed by atoms with Crippen molar-refractivity contribution in [2.24, 2.45) is 0 Å². The SMILES string of the molecule is CCc1nnc(N2CCN(C(=O)c3cccc(Br)c3)CC2)o1. The van der Waals surface area contributed by atoms with Crippen LogP contribution in [0.2, 0.25) is 0 Å². The maximum Gasteiger partial charge on any atom is 0.318 e. The second-order valence-corrected chi connectivity index (χ2v) is 6.04. The van der Waals surface area contributed by atoms with Gasteiger partial charge in [-0.25, -0.2) is 0 Å². The lowest BCUT2D eigenvalue weighted by Crippen LogP contribution is -2.48. The summed E-state index contributed by atoms with van der Waals surface area (Å²) in [5.41, 5.74) is 0.703. The number of carbonyl (C=O) groups excluding carboxylic acids is 1. The lowest BCUT2D eigenvalue weighted by Gasteiger charge is -2.33. The van der Waals surface area contributed by atoms with Gasteiger partial charge >= 0.3 is 6.01 Å². The number of carbonyl (C=O) groups is 1. The molecule has 3 rings (SSSR count). The summed E-state index contributed by atoms with van der Waals surface area (Å²) in [6, 6.07) is 8.02. The van der Waals surface area contributed by atoms with E-state index in [0.29, 0.717) is 43.6 Å². The first-order chi connectivity index (χ1) is 10.7. The van der Waals surface area contributed by atoms with E-state index in [4.69, 9.17) is 4.42 Å². The van der Waals surface area contributed by atoms with E-state index in [1.807, 2.05) is 41.0 Å². The first-order valence-electron chi connectivity index (χ1n) is 7.29. The van der Waals surface area contributed by atoms with E-state index in [0.717, 1.165) is 10.9 Å². The van der Waals surface area contributed by atoms with E-state index in [-0.39, 0.29) is 5.91 Å². The van der Waals surface area contributed by atoms with Gasteiger partial charge in [0.05, 0.1) is 0 Å². The summed E-state index contributed by atoms with van der Waals surface area (Å²) >= 11 is 3.40. The molecule has 0 radical (unpaired) electrons. The van der Waals surface area contributed by atoms with E-state index < -0.39 is 0 Å². The Hall–Kier alpha value is -1.89. The number of rotatable bonds is 3. The van der Waals surface area contributed by atoms with Gasteiger partial charge in [-0.1, -0.05) is 34.0 Å². The number of anilines is 1. The van der Waals surface area contributed by atoms with E-state index in [2.05, 4.69) is 26.1 Å². The van der Waals surface area contributed by atoms with Gasteiger partial charge in [0.1, 0.15) is 0 Å². The van der Waals surface area contributed by atoms with Gasteiger partial charge in [0, 0.05) is 42.6 Å². The molecule has 0 bridgehead atoms. The van der Waals surface area contributed by atoms with Crippen LogP contribution in [-0.2, 0) is 6.42 Å². The molecule has 0 saturated carbocycles. The summed E-state index contributed by atoms with van der Waals surface area (Å²) in [6.07, 6.45) is 0.730. The highest BCUT2D eigenvalue weighted by molar-refractivity contribution is 9.10. The highest BCUT2D eigenvalue weighted by Crippen LogP contribution is 2.18. The van der Waals surface area contributed by atoms with Gasteiger partial charge in [0.2, 0.25) is 5.89 Å². The third kappa shape index (κ3) is 3.14. The average molecular weight is 365 g/mol. The number of aryl methyl sites for hydroxylation is 1. The molecule has 0 aliphatic carbocycles. The van der Waals surface area contributed by atoms with Crippen LogP contribution in [0, 0.1) is 0 Å². The average Bonchev–Trinajstić information content (AvgIpc) is 3.03. The van der Waals surface area contributed by atoms with Gasteiger partial charge < -0.3 is 14.2 Å². The van der Waals surface area contributed by atoms with Gasteiger partial charge in [-0.3, -0.25) is 4.79 Å². The number of amides is 1. The number of nitrogens with zero attached hydrogens (tertiary/aromatic N) is 4. The molecule has 2 aromatic rings. The van der Waals surface area contributed by atoms with Gasteiger partial charge in [-0.15, -0.1) is 5.10 Å². The molecule has 1 saturated heterocycles. The predicted octanol–water partition coefficient (Wildman–Crippen LogP) is 2.36. The molecular weight excluding hydrogens is 348 g/mol. The van der Waals surface area contributed by atoms with Crippen molar-refractivity contribution in [2.75, 3.05) is 31.1 Å². The summed E-state index contributed by atoms with van der Waals surface area (Å²) in [5.74, 6) is 0.698. The van der Waals surface area contributed by atoms with Crippen LogP contribution in [0.25, 0.3) is 0 Å². The minimum absolute atomic E-state index is 0.0562. The number of aromatic nitrogens is 2. The zero-order valence-electron chi connectivity index (χ0n) is 12.3. The molecule has 7 heteroatoms. The summed E-state index contributed by atoms with van der Waals surface area (Å²) in [7, 11) is 0. The number of halogens is 1. The Labute approximate surface area is 137 Å². The first-order valence-corrected chi connectivity index (χ1v) is 8.09. The van der Waals surface area contributed by atoms with Gasteiger partial charge in [-0.05, 0) is 18.2 Å². The molecule has 1 aromatic heterocycles. The Morgan fingerprint density at radius 3 is 2.68 bits per heavy atom. The lowest BCUT2D eigenvalue weighted by atomic mass is 10.2. The second-order valence-electron chi connectivity index (χ2n) is 5.12. The highest BCUT2D eigenvalue weighted by Gasteiger charge is 2.24. The molecule has 1 aromatic carbocycles. The summed E-state index contributed by atoms with van der Waals surface area (Å²) in [4.78, 5) is 16.4. The van der Waals surface area contributed by atoms with Crippen molar-refractivity contribution in [3.63, 3.8) is 0 Å². The monoisotopic (exact) mass is 364 g/mol. The minimum Gasteiger partial charge on any atom is -0.408 e. The number of benzene rings is 1. The zero-order chi connectivity index (χ0) is 15.5. The van der Waals surface area contributed by atoms with Crippen molar-refractivity contribution in [3.05, 3.63) is 40.2 Å². The molecule has 1 aliphatic heterocycles. The largest absolute Gasteiger partial charge is 0.408 e. The maximum atomic E-state index is 12.5. The fourth-order valence-corrected chi connectivity index (χ4v) is 2.82. The quantitative estimate of drug-likeness (QED) is 0.836. The molecular formula is C15H17BrN4O2. The number of piperazine rings is 1. The van der Waals surface area contributed by atoms with Crippen LogP contribution in [0.5, 0.6) is 0 Å². The van der Waals surface area contributed by atoms with Crippen LogP contribution < -0.4 is 4.90 Å². The fourth-order valence-electron chi connectivity index (χ4n) is 2.42. The van der Waals surface area contributed by atoms with Gasteiger partial charge in [0.25, 0.3) is 5.91 Å². The summed E-state index contributed by atoms with van der Waals surface area (Å²) < 4.78 is 6.47. The molecule has 116 valence electrons. The number of hydrogen-bond acceptors (Lipinski definition) is 5. The highest BCUT2D eigenvalue weighted by atomic mass is 79.9. The number of hydrogen-bond donors (Lipinski definition) is 0. The lowest BCUT2D eigenvalue weighted by molar-refractivity contribution is 0.0745. The molecule has 1 aliphatic rings. The van der Waals surface area contributed by atoms with E-state index in [9.17, 15) is 4.79 Å². The second kappa shape index (κ2) is 6.48. The molecule has 1 fully saturated rings. The van der Waals surface area contributed by atoms with E-state index in [1.54, 1.807) is 0 Å². The smallest absolute Gasteiger partial charge is 0.318 e. The molecule has 0 atom stereocenters. The minimum atomic E-state index is 0.0562. The molecule has 0 spiro atoms. The molecule has 6 nitrogen and oxygen atoms in total. The van der Waals surface area contributed by atoms with Crippen LogP contribution in [0.15, 0.2) is 33.2 Å². The van der Waals surface area contributed by atoms with E-state index >= 15 is 0 Å². The van der Waals surface area contributed by atoms with Gasteiger partial charge in [-0.2, -0.15) is 0 Å². The van der Waals surface area contributed by atoms with Crippen molar-refractivity contribution in [2.45, 2.75) is 13.3 Å². The van der Waals surface area contributed by atoms with Crippen molar-refractivity contribution in [1.29, 1.82) is 0 Å². The predicted molar refractivity (Wildman–Crippen MR) is 85.9 cm³/mol. The molecule has 2 heterocycles. The summed E-state index contributed by atoms with van der Waals surface area (Å²) in [5, 5.41) is 8.03. The van der Waals surface area contributed by atoms with Crippen molar-refractivity contribution in [1.82, 2.24) is 15.1 Å². The third-order valence-corrected chi connectivity index (χ3v) is 4.16. The summed E-state index contributed by atoms with van der Waals surface area (Å²) in [6.45, 7) is 4.67. The molecule has 1 amide bonds. The van der Waals surface area contributed by atoms with Gasteiger partial charge in [0.15, 0.2) is 0 Å². The van der Waals surface area contributed by atoms with Crippen LogP contribution in [-0.4, -0.2) is 47.2 Å². The Kier molecular flexibility index (Phi) is 4.42. The Morgan fingerprint density at radius 1 is 1.27 bits per heavy atom. The van der Waals surface area contributed by atoms with Crippen molar-refractivity contribution >= 4 is 27.9 Å². The molecule has 0 N–H and O–H groups in total. The standard InChI is InChI=1S/C15H17BrN4O2/c1-2-13-17-18-15(22-13)20-8-6-19(7-9-20)14(21)11-4-3-5-12(16)10-11/h3-5,10H,2,6-9H2,1H3. The first kappa shape index (κ1) is 15.0. The van der Waals surface area contributed by atoms with Crippen molar-refractivity contribution in [3.8, 4) is 0 Å². The molecule has 22 heavy (non-hydrogen) atoms.